The van der Waals surface area contributed by atoms with Crippen molar-refractivity contribution in [1.82, 2.24) is 19.7 Å². The number of fused-ring (bicyclic) bond motifs is 1. The molecule has 1 aliphatic rings. The Labute approximate surface area is 179 Å². The van der Waals surface area contributed by atoms with Crippen molar-refractivity contribution in [1.29, 1.82) is 0 Å². The van der Waals surface area contributed by atoms with Crippen molar-refractivity contribution in [2.75, 3.05) is 25.0 Å². The predicted molar refractivity (Wildman–Crippen MR) is 125 cm³/mol. The first-order valence-corrected chi connectivity index (χ1v) is 10.8. The summed E-state index contributed by atoms with van der Waals surface area (Å²) in [6, 6.07) is 8.56. The van der Waals surface area contributed by atoms with E-state index < -0.39 is 0 Å². The van der Waals surface area contributed by atoms with Gasteiger partial charge in [0.25, 0.3) is 0 Å². The van der Waals surface area contributed by atoms with Crippen LogP contribution in [0.15, 0.2) is 55.1 Å². The summed E-state index contributed by atoms with van der Waals surface area (Å²) in [7, 11) is 1.94. The SMILES string of the molecule is C=C(Nc1cc2cc(-c3cnn(C)c3)ccc2cn1)C1CCN(CC(C)(C)C)CC1. The van der Waals surface area contributed by atoms with Crippen LogP contribution in [0.5, 0.6) is 0 Å². The Morgan fingerprint density at radius 2 is 1.87 bits per heavy atom. The molecule has 1 fully saturated rings. The molecule has 0 amide bonds. The van der Waals surface area contributed by atoms with E-state index in [0.717, 1.165) is 60.5 Å². The number of rotatable bonds is 5. The number of likely N-dealkylation sites (tertiary alicyclic amines) is 1. The molecule has 0 aliphatic carbocycles. The van der Waals surface area contributed by atoms with Crippen LogP contribution in [0, 0.1) is 11.3 Å². The van der Waals surface area contributed by atoms with E-state index in [2.05, 4.69) is 71.9 Å². The molecule has 0 atom stereocenters. The summed E-state index contributed by atoms with van der Waals surface area (Å²) in [5.74, 6) is 1.37. The fourth-order valence-electron chi connectivity index (χ4n) is 4.34. The van der Waals surface area contributed by atoms with Gasteiger partial charge in [-0.05, 0) is 54.4 Å². The standard InChI is InChI=1S/C25H33N5/c1-18(19-8-10-30(11-9-19)17-25(2,3)4)28-24-13-22-12-20(6-7-21(22)14-26-24)23-15-27-29(5)16-23/h6-7,12-16,19H,1,8-11,17H2,2-5H3,(H,26,28). The molecule has 3 aromatic rings. The molecule has 4 rings (SSSR count). The molecule has 1 aliphatic heterocycles. The van der Waals surface area contributed by atoms with Crippen molar-refractivity contribution >= 4 is 16.6 Å². The topological polar surface area (TPSA) is 46.0 Å². The second kappa shape index (κ2) is 8.23. The number of aromatic nitrogens is 3. The minimum Gasteiger partial charge on any atom is -0.344 e. The third kappa shape index (κ3) is 4.90. The second-order valence-electron chi connectivity index (χ2n) is 9.80. The summed E-state index contributed by atoms with van der Waals surface area (Å²) in [5.41, 5.74) is 3.72. The number of pyridine rings is 1. The molecular weight excluding hydrogens is 370 g/mol. The van der Waals surface area contributed by atoms with Gasteiger partial charge in [-0.25, -0.2) is 4.98 Å². The molecule has 5 heteroatoms. The third-order valence-electron chi connectivity index (χ3n) is 5.83. The van der Waals surface area contributed by atoms with Gasteiger partial charge in [-0.15, -0.1) is 0 Å². The first kappa shape index (κ1) is 20.6. The van der Waals surface area contributed by atoms with Crippen LogP contribution in [-0.2, 0) is 7.05 Å². The van der Waals surface area contributed by atoms with E-state index >= 15 is 0 Å². The summed E-state index contributed by atoms with van der Waals surface area (Å²) in [4.78, 5) is 7.19. The highest BCUT2D eigenvalue weighted by atomic mass is 15.2. The number of nitrogens with zero attached hydrogens (tertiary/aromatic N) is 4. The largest absolute Gasteiger partial charge is 0.344 e. The van der Waals surface area contributed by atoms with Crippen molar-refractivity contribution in [3.8, 4) is 11.1 Å². The zero-order chi connectivity index (χ0) is 21.3. The van der Waals surface area contributed by atoms with Crippen LogP contribution in [0.25, 0.3) is 21.9 Å². The van der Waals surface area contributed by atoms with E-state index in [1.807, 2.05) is 30.3 Å². The molecule has 1 aromatic carbocycles. The molecule has 0 radical (unpaired) electrons. The fourth-order valence-corrected chi connectivity index (χ4v) is 4.34. The van der Waals surface area contributed by atoms with Crippen LogP contribution in [0.2, 0.25) is 0 Å². The minimum absolute atomic E-state index is 0.353. The highest BCUT2D eigenvalue weighted by molar-refractivity contribution is 5.88. The maximum atomic E-state index is 4.61. The molecule has 1 saturated heterocycles. The number of hydrogen-bond donors (Lipinski definition) is 1. The molecule has 3 heterocycles. The average molecular weight is 404 g/mol. The van der Waals surface area contributed by atoms with Crippen LogP contribution >= 0.6 is 0 Å². The molecule has 0 bridgehead atoms. The Hall–Kier alpha value is -2.66. The van der Waals surface area contributed by atoms with Gasteiger partial charge in [0.05, 0.1) is 6.20 Å². The number of benzene rings is 1. The Kier molecular flexibility index (Phi) is 5.65. The molecule has 0 unspecified atom stereocenters. The summed E-state index contributed by atoms with van der Waals surface area (Å²) in [6.45, 7) is 14.7. The molecule has 30 heavy (non-hydrogen) atoms. The minimum atomic E-state index is 0.353. The zero-order valence-electron chi connectivity index (χ0n) is 18.7. The van der Waals surface area contributed by atoms with E-state index in [1.54, 1.807) is 0 Å². The van der Waals surface area contributed by atoms with Crippen LogP contribution < -0.4 is 5.32 Å². The number of hydrogen-bond acceptors (Lipinski definition) is 4. The maximum Gasteiger partial charge on any atom is 0.130 e. The van der Waals surface area contributed by atoms with Gasteiger partial charge in [0.15, 0.2) is 0 Å². The summed E-state index contributed by atoms with van der Waals surface area (Å²) in [5, 5.41) is 10.1. The van der Waals surface area contributed by atoms with E-state index in [9.17, 15) is 0 Å². The lowest BCUT2D eigenvalue weighted by molar-refractivity contribution is 0.146. The highest BCUT2D eigenvalue weighted by Crippen LogP contribution is 2.29. The van der Waals surface area contributed by atoms with Gasteiger partial charge in [0.2, 0.25) is 0 Å². The lowest BCUT2D eigenvalue weighted by atomic mass is 9.90. The zero-order valence-corrected chi connectivity index (χ0v) is 18.7. The normalized spacial score (nSPS) is 16.1. The van der Waals surface area contributed by atoms with Crippen molar-refractivity contribution in [3.05, 3.63) is 55.1 Å². The highest BCUT2D eigenvalue weighted by Gasteiger charge is 2.24. The molecule has 158 valence electrons. The smallest absolute Gasteiger partial charge is 0.130 e. The van der Waals surface area contributed by atoms with E-state index in [0.29, 0.717) is 11.3 Å². The molecular formula is C25H33N5. The second-order valence-corrected chi connectivity index (χ2v) is 9.80. The Bertz CT molecular complexity index is 1040. The fraction of sp³-hybridized carbons (Fsp3) is 0.440. The summed E-state index contributed by atoms with van der Waals surface area (Å²) < 4.78 is 1.83. The van der Waals surface area contributed by atoms with Gasteiger partial charge in [-0.3, -0.25) is 4.68 Å². The van der Waals surface area contributed by atoms with Crippen molar-refractivity contribution in [3.63, 3.8) is 0 Å². The number of piperidine rings is 1. The molecule has 5 nitrogen and oxygen atoms in total. The molecule has 0 spiro atoms. The van der Waals surface area contributed by atoms with Gasteiger partial charge in [-0.2, -0.15) is 5.10 Å². The van der Waals surface area contributed by atoms with Gasteiger partial charge in [-0.1, -0.05) is 39.5 Å². The van der Waals surface area contributed by atoms with Crippen molar-refractivity contribution in [2.24, 2.45) is 18.4 Å². The number of aryl methyl sites for hydroxylation is 1. The van der Waals surface area contributed by atoms with Gasteiger partial charge >= 0.3 is 0 Å². The Morgan fingerprint density at radius 1 is 1.10 bits per heavy atom. The van der Waals surface area contributed by atoms with Crippen LogP contribution in [-0.4, -0.2) is 39.3 Å². The van der Waals surface area contributed by atoms with E-state index in [4.69, 9.17) is 0 Å². The predicted octanol–water partition coefficient (Wildman–Crippen LogP) is 5.32. The van der Waals surface area contributed by atoms with Crippen molar-refractivity contribution in [2.45, 2.75) is 33.6 Å². The van der Waals surface area contributed by atoms with Crippen LogP contribution in [0.3, 0.4) is 0 Å². The monoisotopic (exact) mass is 403 g/mol. The summed E-state index contributed by atoms with van der Waals surface area (Å²) in [6.07, 6.45) is 8.18. The van der Waals surface area contributed by atoms with Gasteiger partial charge in [0, 0.05) is 48.6 Å². The summed E-state index contributed by atoms with van der Waals surface area (Å²) >= 11 is 0. The van der Waals surface area contributed by atoms with E-state index in [-0.39, 0.29) is 0 Å². The first-order valence-electron chi connectivity index (χ1n) is 10.8. The van der Waals surface area contributed by atoms with Gasteiger partial charge in [0.1, 0.15) is 5.82 Å². The van der Waals surface area contributed by atoms with Crippen LogP contribution in [0.4, 0.5) is 5.82 Å². The molecule has 2 aromatic heterocycles. The number of anilines is 1. The molecule has 1 N–H and O–H groups in total. The quantitative estimate of drug-likeness (QED) is 0.626. The number of allylic oxidation sites excluding steroid dienone is 1. The van der Waals surface area contributed by atoms with Crippen molar-refractivity contribution < 1.29 is 0 Å². The average Bonchev–Trinajstić information content (AvgIpc) is 3.13. The van der Waals surface area contributed by atoms with Crippen LogP contribution in [0.1, 0.15) is 33.6 Å². The Morgan fingerprint density at radius 3 is 2.53 bits per heavy atom. The van der Waals surface area contributed by atoms with Gasteiger partial charge < -0.3 is 10.2 Å². The van der Waals surface area contributed by atoms with E-state index in [1.165, 1.54) is 5.39 Å². The lowest BCUT2D eigenvalue weighted by Crippen LogP contribution is -2.39. The number of nitrogens with one attached hydrogen (secondary N) is 1. The lowest BCUT2D eigenvalue weighted by Gasteiger charge is -2.36. The third-order valence-corrected chi connectivity index (χ3v) is 5.83. The Balaban J connectivity index is 1.43. The molecule has 0 saturated carbocycles. The maximum absolute atomic E-state index is 4.61. The first-order chi connectivity index (χ1) is 14.3.